The molecule has 1 aromatic heterocycles. The zero-order chi connectivity index (χ0) is 15.8. The smallest absolute Gasteiger partial charge is 0.188 e. The summed E-state index contributed by atoms with van der Waals surface area (Å²) >= 11 is 1.72. The van der Waals surface area contributed by atoms with Gasteiger partial charge in [-0.15, -0.1) is 11.3 Å². The molecule has 0 saturated carbocycles. The SMILES string of the molecule is COc1ccc(C(O)CN=C(N)NCCc2cccs2)cc1. The number of rotatable bonds is 7. The lowest BCUT2D eigenvalue weighted by atomic mass is 10.1. The van der Waals surface area contributed by atoms with Gasteiger partial charge in [-0.3, -0.25) is 4.99 Å². The fourth-order valence-electron chi connectivity index (χ4n) is 1.94. The second-order valence-corrected chi connectivity index (χ2v) is 5.80. The van der Waals surface area contributed by atoms with Gasteiger partial charge < -0.3 is 20.9 Å². The molecule has 0 fully saturated rings. The Morgan fingerprint density at radius 3 is 2.77 bits per heavy atom. The molecule has 22 heavy (non-hydrogen) atoms. The predicted octanol–water partition coefficient (Wildman–Crippen LogP) is 1.94. The number of benzene rings is 1. The molecule has 0 bridgehead atoms. The first-order chi connectivity index (χ1) is 10.7. The number of aliphatic hydroxyl groups is 1. The maximum Gasteiger partial charge on any atom is 0.188 e. The highest BCUT2D eigenvalue weighted by Crippen LogP contribution is 2.17. The van der Waals surface area contributed by atoms with Gasteiger partial charge in [0.05, 0.1) is 19.8 Å². The largest absolute Gasteiger partial charge is 0.497 e. The van der Waals surface area contributed by atoms with Gasteiger partial charge in [-0.25, -0.2) is 0 Å². The molecule has 1 aromatic carbocycles. The molecular weight excluding hydrogens is 298 g/mol. The van der Waals surface area contributed by atoms with Gasteiger partial charge in [0, 0.05) is 11.4 Å². The summed E-state index contributed by atoms with van der Waals surface area (Å²) in [7, 11) is 1.61. The Morgan fingerprint density at radius 1 is 1.36 bits per heavy atom. The number of nitrogens with one attached hydrogen (secondary N) is 1. The Morgan fingerprint density at radius 2 is 2.14 bits per heavy atom. The minimum Gasteiger partial charge on any atom is -0.497 e. The lowest BCUT2D eigenvalue weighted by Gasteiger charge is -2.10. The van der Waals surface area contributed by atoms with E-state index in [-0.39, 0.29) is 6.54 Å². The van der Waals surface area contributed by atoms with E-state index in [4.69, 9.17) is 10.5 Å². The summed E-state index contributed by atoms with van der Waals surface area (Å²) in [5.41, 5.74) is 6.58. The van der Waals surface area contributed by atoms with Crippen LogP contribution in [-0.4, -0.2) is 31.3 Å². The zero-order valence-electron chi connectivity index (χ0n) is 12.5. The third-order valence-electron chi connectivity index (χ3n) is 3.19. The molecule has 4 N–H and O–H groups in total. The Hall–Kier alpha value is -2.05. The topological polar surface area (TPSA) is 79.9 Å². The molecular formula is C16H21N3O2S. The number of hydrogen-bond donors (Lipinski definition) is 3. The molecule has 5 nitrogen and oxygen atoms in total. The van der Waals surface area contributed by atoms with E-state index in [1.54, 1.807) is 18.4 Å². The molecule has 0 saturated heterocycles. The van der Waals surface area contributed by atoms with Crippen LogP contribution in [0.4, 0.5) is 0 Å². The average molecular weight is 319 g/mol. The highest BCUT2D eigenvalue weighted by molar-refractivity contribution is 7.09. The van der Waals surface area contributed by atoms with Crippen LogP contribution < -0.4 is 15.8 Å². The van der Waals surface area contributed by atoms with Crippen molar-refractivity contribution in [1.82, 2.24) is 5.32 Å². The van der Waals surface area contributed by atoms with Crippen molar-refractivity contribution in [2.75, 3.05) is 20.2 Å². The monoisotopic (exact) mass is 319 g/mol. The van der Waals surface area contributed by atoms with E-state index in [9.17, 15) is 5.11 Å². The lowest BCUT2D eigenvalue weighted by Crippen LogP contribution is -2.33. The molecule has 1 heterocycles. The van der Waals surface area contributed by atoms with Gasteiger partial charge in [0.2, 0.25) is 0 Å². The van der Waals surface area contributed by atoms with Crippen LogP contribution in [0.25, 0.3) is 0 Å². The number of hydrogen-bond acceptors (Lipinski definition) is 4. The van der Waals surface area contributed by atoms with Gasteiger partial charge in [-0.05, 0) is 35.6 Å². The first-order valence-corrected chi connectivity index (χ1v) is 7.95. The second-order valence-electron chi connectivity index (χ2n) is 4.77. The van der Waals surface area contributed by atoms with Crippen molar-refractivity contribution < 1.29 is 9.84 Å². The zero-order valence-corrected chi connectivity index (χ0v) is 13.3. The van der Waals surface area contributed by atoms with Crippen molar-refractivity contribution in [2.24, 2.45) is 10.7 Å². The van der Waals surface area contributed by atoms with Crippen LogP contribution in [0.5, 0.6) is 5.75 Å². The first-order valence-electron chi connectivity index (χ1n) is 7.07. The van der Waals surface area contributed by atoms with E-state index < -0.39 is 6.10 Å². The number of aliphatic imine (C=N–C) groups is 1. The van der Waals surface area contributed by atoms with E-state index in [1.165, 1.54) is 4.88 Å². The van der Waals surface area contributed by atoms with Gasteiger partial charge in [0.25, 0.3) is 0 Å². The summed E-state index contributed by atoms with van der Waals surface area (Å²) in [6, 6.07) is 11.4. The van der Waals surface area contributed by atoms with Crippen LogP contribution in [0.3, 0.4) is 0 Å². The molecule has 6 heteroatoms. The number of nitrogens with zero attached hydrogens (tertiary/aromatic N) is 1. The fraction of sp³-hybridized carbons (Fsp3) is 0.312. The van der Waals surface area contributed by atoms with E-state index in [1.807, 2.05) is 30.3 Å². The maximum atomic E-state index is 10.1. The second kappa shape index (κ2) is 8.41. The van der Waals surface area contributed by atoms with Crippen molar-refractivity contribution in [1.29, 1.82) is 0 Å². The summed E-state index contributed by atoms with van der Waals surface area (Å²) in [5, 5.41) is 15.2. The number of aliphatic hydroxyl groups excluding tert-OH is 1. The number of nitrogens with two attached hydrogens (primary N) is 1. The van der Waals surface area contributed by atoms with Crippen molar-refractivity contribution in [3.05, 3.63) is 52.2 Å². The number of thiophene rings is 1. The van der Waals surface area contributed by atoms with Gasteiger partial charge in [-0.1, -0.05) is 18.2 Å². The van der Waals surface area contributed by atoms with Crippen molar-refractivity contribution in [2.45, 2.75) is 12.5 Å². The van der Waals surface area contributed by atoms with E-state index in [0.29, 0.717) is 5.96 Å². The highest BCUT2D eigenvalue weighted by Gasteiger charge is 2.07. The minimum absolute atomic E-state index is 0.226. The molecule has 118 valence electrons. The van der Waals surface area contributed by atoms with Gasteiger partial charge in [0.1, 0.15) is 5.75 Å². The average Bonchev–Trinajstić information content (AvgIpc) is 3.06. The van der Waals surface area contributed by atoms with E-state index >= 15 is 0 Å². The van der Waals surface area contributed by atoms with Crippen LogP contribution in [0.15, 0.2) is 46.8 Å². The summed E-state index contributed by atoms with van der Waals surface area (Å²) in [4.78, 5) is 5.47. The first kappa shape index (κ1) is 16.3. The van der Waals surface area contributed by atoms with Crippen LogP contribution >= 0.6 is 11.3 Å². The van der Waals surface area contributed by atoms with E-state index in [2.05, 4.69) is 21.8 Å². The van der Waals surface area contributed by atoms with Gasteiger partial charge in [0.15, 0.2) is 5.96 Å². The summed E-state index contributed by atoms with van der Waals surface area (Å²) < 4.78 is 5.08. The quantitative estimate of drug-likeness (QED) is 0.538. The third kappa shape index (κ3) is 5.05. The molecule has 1 unspecified atom stereocenters. The minimum atomic E-state index is -0.677. The van der Waals surface area contributed by atoms with Crippen molar-refractivity contribution >= 4 is 17.3 Å². The van der Waals surface area contributed by atoms with Crippen LogP contribution in [-0.2, 0) is 6.42 Å². The third-order valence-corrected chi connectivity index (χ3v) is 4.13. The van der Waals surface area contributed by atoms with Crippen molar-refractivity contribution in [3.63, 3.8) is 0 Å². The van der Waals surface area contributed by atoms with Crippen molar-refractivity contribution in [3.8, 4) is 5.75 Å². The number of ether oxygens (including phenoxy) is 1. The predicted molar refractivity (Wildman–Crippen MR) is 90.5 cm³/mol. The molecule has 2 rings (SSSR count). The molecule has 0 aliphatic rings. The molecule has 1 atom stereocenters. The Labute approximate surface area is 134 Å². The molecule has 2 aromatic rings. The Bertz CT molecular complexity index is 582. The Balaban J connectivity index is 1.76. The Kier molecular flexibility index (Phi) is 6.24. The van der Waals surface area contributed by atoms with Crippen LogP contribution in [0.2, 0.25) is 0 Å². The van der Waals surface area contributed by atoms with Crippen LogP contribution in [0, 0.1) is 0 Å². The molecule has 0 amide bonds. The number of methoxy groups -OCH3 is 1. The standard InChI is InChI=1S/C16H21N3O2S/c1-21-13-6-4-12(5-7-13)15(20)11-19-16(17)18-9-8-14-3-2-10-22-14/h2-7,10,15,20H,8-9,11H2,1H3,(H3,17,18,19). The summed E-state index contributed by atoms with van der Waals surface area (Å²) in [6.45, 7) is 0.957. The molecule has 0 spiro atoms. The fourth-order valence-corrected chi connectivity index (χ4v) is 2.65. The van der Waals surface area contributed by atoms with E-state index in [0.717, 1.165) is 24.3 Å². The molecule has 0 radical (unpaired) electrons. The lowest BCUT2D eigenvalue weighted by molar-refractivity contribution is 0.187. The molecule has 0 aliphatic heterocycles. The number of guanidine groups is 1. The van der Waals surface area contributed by atoms with Gasteiger partial charge in [-0.2, -0.15) is 0 Å². The highest BCUT2D eigenvalue weighted by atomic mass is 32.1. The maximum absolute atomic E-state index is 10.1. The van der Waals surface area contributed by atoms with Crippen LogP contribution in [0.1, 0.15) is 16.5 Å². The summed E-state index contributed by atoms with van der Waals surface area (Å²) in [6.07, 6.45) is 0.234. The normalized spacial score (nSPS) is 12.9. The van der Waals surface area contributed by atoms with Gasteiger partial charge >= 0.3 is 0 Å². The summed E-state index contributed by atoms with van der Waals surface area (Å²) in [5.74, 6) is 1.11. The molecule has 0 aliphatic carbocycles.